The minimum Gasteiger partial charge on any atom is -0.345 e. The van der Waals surface area contributed by atoms with Crippen LogP contribution in [0.1, 0.15) is 19.3 Å². The maximum atomic E-state index is 11.8. The summed E-state index contributed by atoms with van der Waals surface area (Å²) in [6, 6.07) is 0.408. The lowest BCUT2D eigenvalue weighted by Gasteiger charge is -2.31. The molecule has 2 aliphatic rings. The third-order valence-corrected chi connectivity index (χ3v) is 4.85. The number of hydrogen-bond donors (Lipinski definition) is 0. The van der Waals surface area contributed by atoms with Crippen molar-refractivity contribution in [1.82, 2.24) is 14.9 Å². The van der Waals surface area contributed by atoms with Crippen LogP contribution in [0.4, 0.5) is 5.95 Å². The van der Waals surface area contributed by atoms with Crippen molar-refractivity contribution < 1.29 is 4.79 Å². The molecule has 2 heterocycles. The third kappa shape index (κ3) is 2.46. The first-order valence-corrected chi connectivity index (χ1v) is 7.36. The lowest BCUT2D eigenvalue weighted by molar-refractivity contribution is -0.134. The Morgan fingerprint density at radius 1 is 1.30 bits per heavy atom. The number of fused-ring (bicyclic) bond motifs is 1. The first-order valence-electron chi connectivity index (χ1n) is 6.99. The average Bonchev–Trinajstić information content (AvgIpc) is 2.82. The van der Waals surface area contributed by atoms with E-state index >= 15 is 0 Å². The Balaban J connectivity index is 1.70. The van der Waals surface area contributed by atoms with E-state index in [2.05, 4.69) is 14.9 Å². The Morgan fingerprint density at radius 2 is 1.95 bits per heavy atom. The second-order valence-electron chi connectivity index (χ2n) is 5.94. The molecule has 1 aliphatic carbocycles. The number of amides is 1. The molecular formula is C14H19ClN4O. The van der Waals surface area contributed by atoms with E-state index in [0.29, 0.717) is 35.3 Å². The first kappa shape index (κ1) is 13.6. The number of anilines is 1. The van der Waals surface area contributed by atoms with Crippen LogP contribution in [0.15, 0.2) is 12.4 Å². The van der Waals surface area contributed by atoms with E-state index in [1.54, 1.807) is 12.4 Å². The van der Waals surface area contributed by atoms with E-state index in [1.165, 1.54) is 0 Å². The summed E-state index contributed by atoms with van der Waals surface area (Å²) in [5.74, 6) is 2.10. The maximum absolute atomic E-state index is 11.8. The molecule has 1 saturated heterocycles. The second kappa shape index (κ2) is 5.20. The maximum Gasteiger partial charge on any atom is 0.225 e. The predicted molar refractivity (Wildman–Crippen MR) is 77.7 cm³/mol. The van der Waals surface area contributed by atoms with E-state index in [4.69, 9.17) is 11.6 Å². The minimum absolute atomic E-state index is 0.275. The van der Waals surface area contributed by atoms with Gasteiger partial charge in [0.2, 0.25) is 11.9 Å². The number of hydrogen-bond acceptors (Lipinski definition) is 4. The third-order valence-electron chi connectivity index (χ3n) is 4.66. The van der Waals surface area contributed by atoms with Crippen LogP contribution in [0.25, 0.3) is 0 Å². The molecule has 1 aromatic heterocycles. The smallest absolute Gasteiger partial charge is 0.225 e. The number of halogens is 1. The highest BCUT2D eigenvalue weighted by Gasteiger charge is 2.41. The van der Waals surface area contributed by atoms with E-state index in [0.717, 1.165) is 19.4 Å². The van der Waals surface area contributed by atoms with E-state index < -0.39 is 0 Å². The number of carbonyl (C=O) groups is 1. The van der Waals surface area contributed by atoms with Gasteiger partial charge in [0.1, 0.15) is 0 Å². The van der Waals surface area contributed by atoms with Gasteiger partial charge in [-0.2, -0.15) is 0 Å². The first-order chi connectivity index (χ1) is 9.54. The monoisotopic (exact) mass is 294 g/mol. The molecule has 0 radical (unpaired) electrons. The highest BCUT2D eigenvalue weighted by Crippen LogP contribution is 2.40. The number of piperidine rings is 1. The Labute approximate surface area is 123 Å². The Morgan fingerprint density at radius 3 is 2.65 bits per heavy atom. The summed E-state index contributed by atoms with van der Waals surface area (Å²) >= 11 is 5.82. The Kier molecular flexibility index (Phi) is 3.54. The van der Waals surface area contributed by atoms with Crippen molar-refractivity contribution in [2.75, 3.05) is 25.5 Å². The van der Waals surface area contributed by atoms with E-state index in [9.17, 15) is 4.79 Å². The lowest BCUT2D eigenvalue weighted by Crippen LogP contribution is -2.39. The molecule has 1 saturated carbocycles. The molecule has 0 unspecified atom stereocenters. The molecule has 0 N–H and O–H groups in total. The molecule has 0 spiro atoms. The van der Waals surface area contributed by atoms with Crippen LogP contribution < -0.4 is 4.90 Å². The van der Waals surface area contributed by atoms with E-state index in [-0.39, 0.29) is 5.91 Å². The van der Waals surface area contributed by atoms with Crippen LogP contribution in [0.5, 0.6) is 0 Å². The van der Waals surface area contributed by atoms with Gasteiger partial charge in [-0.25, -0.2) is 9.97 Å². The van der Waals surface area contributed by atoms with Crippen molar-refractivity contribution in [1.29, 1.82) is 0 Å². The fraction of sp³-hybridized carbons (Fsp3) is 0.643. The zero-order valence-corrected chi connectivity index (χ0v) is 12.5. The van der Waals surface area contributed by atoms with Crippen LogP contribution in [0.3, 0.4) is 0 Å². The van der Waals surface area contributed by atoms with E-state index in [1.807, 2.05) is 19.0 Å². The fourth-order valence-corrected chi connectivity index (χ4v) is 3.55. The second-order valence-corrected chi connectivity index (χ2v) is 6.37. The van der Waals surface area contributed by atoms with Crippen molar-refractivity contribution in [3.05, 3.63) is 17.4 Å². The SMILES string of the molecule is CN1C[C@H]2C[C@@H](N(C)c3ncc(Cl)cn3)C[C@H]2CC1=O. The molecular weight excluding hydrogens is 276 g/mol. The van der Waals surface area contributed by atoms with Crippen molar-refractivity contribution in [2.45, 2.75) is 25.3 Å². The fourth-order valence-electron chi connectivity index (χ4n) is 3.45. The molecule has 3 atom stereocenters. The molecule has 1 aromatic rings. The summed E-state index contributed by atoms with van der Waals surface area (Å²) in [4.78, 5) is 24.3. The summed E-state index contributed by atoms with van der Waals surface area (Å²) in [7, 11) is 3.93. The zero-order chi connectivity index (χ0) is 14.3. The van der Waals surface area contributed by atoms with Gasteiger partial charge in [-0.1, -0.05) is 11.6 Å². The van der Waals surface area contributed by atoms with Gasteiger partial charge in [0.25, 0.3) is 0 Å². The van der Waals surface area contributed by atoms with Crippen molar-refractivity contribution in [2.24, 2.45) is 11.8 Å². The van der Waals surface area contributed by atoms with Crippen molar-refractivity contribution in [3.63, 3.8) is 0 Å². The van der Waals surface area contributed by atoms with Gasteiger partial charge in [-0.15, -0.1) is 0 Å². The molecule has 6 heteroatoms. The summed E-state index contributed by atoms with van der Waals surface area (Å²) in [6.45, 7) is 0.884. The standard InChI is InChI=1S/C14H19ClN4O/c1-18-8-10-4-12(3-9(10)5-13(18)20)19(2)14-16-6-11(15)7-17-14/h6-7,9-10,12H,3-5,8H2,1-2H3/t9-,10+,12-/m0/s1. The van der Waals surface area contributed by atoms with Crippen LogP contribution >= 0.6 is 11.6 Å². The molecule has 1 aliphatic heterocycles. The van der Waals surface area contributed by atoms with Gasteiger partial charge < -0.3 is 9.80 Å². The molecule has 20 heavy (non-hydrogen) atoms. The van der Waals surface area contributed by atoms with Crippen molar-refractivity contribution >= 4 is 23.5 Å². The minimum atomic E-state index is 0.275. The number of likely N-dealkylation sites (tertiary alicyclic amines) is 1. The topological polar surface area (TPSA) is 49.3 Å². The van der Waals surface area contributed by atoms with Crippen LogP contribution in [0, 0.1) is 11.8 Å². The van der Waals surface area contributed by atoms with Gasteiger partial charge in [-0.05, 0) is 24.7 Å². The van der Waals surface area contributed by atoms with Crippen LogP contribution in [-0.2, 0) is 4.79 Å². The molecule has 0 bridgehead atoms. The van der Waals surface area contributed by atoms with Crippen molar-refractivity contribution in [3.8, 4) is 0 Å². The molecule has 108 valence electrons. The molecule has 1 amide bonds. The zero-order valence-electron chi connectivity index (χ0n) is 11.8. The molecule has 2 fully saturated rings. The number of aromatic nitrogens is 2. The van der Waals surface area contributed by atoms with Crippen LogP contribution in [0.2, 0.25) is 5.02 Å². The Hall–Kier alpha value is -1.36. The summed E-state index contributed by atoms with van der Waals surface area (Å²) in [6.07, 6.45) is 6.09. The number of nitrogens with zero attached hydrogens (tertiary/aromatic N) is 4. The van der Waals surface area contributed by atoms with Crippen LogP contribution in [-0.4, -0.2) is 47.5 Å². The molecule has 5 nitrogen and oxygen atoms in total. The van der Waals surface area contributed by atoms with Gasteiger partial charge in [0.15, 0.2) is 0 Å². The van der Waals surface area contributed by atoms with Gasteiger partial charge in [-0.3, -0.25) is 4.79 Å². The Bertz CT molecular complexity index is 506. The van der Waals surface area contributed by atoms with Gasteiger partial charge >= 0.3 is 0 Å². The summed E-state index contributed by atoms with van der Waals surface area (Å²) in [5, 5.41) is 0.550. The highest BCUT2D eigenvalue weighted by molar-refractivity contribution is 6.30. The molecule has 0 aromatic carbocycles. The predicted octanol–water partition coefficient (Wildman–Crippen LogP) is 1.82. The normalized spacial score (nSPS) is 29.4. The summed E-state index contributed by atoms with van der Waals surface area (Å²) in [5.41, 5.74) is 0. The number of rotatable bonds is 2. The average molecular weight is 295 g/mol. The van der Waals surface area contributed by atoms with Gasteiger partial charge in [0.05, 0.1) is 17.4 Å². The quantitative estimate of drug-likeness (QED) is 0.835. The summed E-state index contributed by atoms with van der Waals surface area (Å²) < 4.78 is 0. The number of carbonyl (C=O) groups excluding carboxylic acids is 1. The van der Waals surface area contributed by atoms with Gasteiger partial charge in [0, 0.05) is 33.1 Å². The largest absolute Gasteiger partial charge is 0.345 e. The highest BCUT2D eigenvalue weighted by atomic mass is 35.5. The molecule has 3 rings (SSSR count). The lowest BCUT2D eigenvalue weighted by atomic mass is 9.88.